The van der Waals surface area contributed by atoms with E-state index in [0.717, 1.165) is 4.88 Å². The number of nitrogens with one attached hydrogen (secondary N) is 1. The highest BCUT2D eigenvalue weighted by Gasteiger charge is 2.14. The van der Waals surface area contributed by atoms with Crippen molar-refractivity contribution in [2.24, 2.45) is 0 Å². The first-order valence-electron chi connectivity index (χ1n) is 4.87. The molecule has 0 saturated heterocycles. The molecular weight excluding hydrogens is 260 g/mol. The van der Waals surface area contributed by atoms with E-state index in [4.69, 9.17) is 11.6 Å². The number of anilines is 1. The van der Waals surface area contributed by atoms with Crippen LogP contribution in [0.25, 0.3) is 0 Å². The molecule has 1 aromatic carbocycles. The fourth-order valence-electron chi connectivity index (χ4n) is 1.39. The van der Waals surface area contributed by atoms with E-state index in [1.165, 1.54) is 6.07 Å². The van der Waals surface area contributed by atoms with E-state index in [1.54, 1.807) is 23.5 Å². The quantitative estimate of drug-likeness (QED) is 0.675. The van der Waals surface area contributed by atoms with Gasteiger partial charge in [0.15, 0.2) is 0 Å². The standard InChI is InChI=1S/C11H9ClN2O2S/c12-11-9(4-1-5-10(11)14(15)16)13-7-8-3-2-6-17-8/h1-6,13H,7H2. The Labute approximate surface area is 107 Å². The summed E-state index contributed by atoms with van der Waals surface area (Å²) in [6, 6.07) is 8.67. The highest BCUT2D eigenvalue weighted by atomic mass is 35.5. The molecule has 0 atom stereocenters. The highest BCUT2D eigenvalue weighted by Crippen LogP contribution is 2.31. The number of benzene rings is 1. The Morgan fingerprint density at radius 2 is 2.18 bits per heavy atom. The second-order valence-corrected chi connectivity index (χ2v) is 4.74. The van der Waals surface area contributed by atoms with Crippen molar-refractivity contribution in [3.63, 3.8) is 0 Å². The molecule has 0 spiro atoms. The zero-order valence-corrected chi connectivity index (χ0v) is 10.3. The lowest BCUT2D eigenvalue weighted by molar-refractivity contribution is -0.384. The van der Waals surface area contributed by atoms with E-state index in [2.05, 4.69) is 5.32 Å². The van der Waals surface area contributed by atoms with Crippen LogP contribution in [0, 0.1) is 10.1 Å². The van der Waals surface area contributed by atoms with Crippen LogP contribution in [0.4, 0.5) is 11.4 Å². The van der Waals surface area contributed by atoms with Crippen LogP contribution in [0.2, 0.25) is 5.02 Å². The summed E-state index contributed by atoms with van der Waals surface area (Å²) < 4.78 is 0. The predicted molar refractivity (Wildman–Crippen MR) is 69.8 cm³/mol. The van der Waals surface area contributed by atoms with Gasteiger partial charge >= 0.3 is 0 Å². The van der Waals surface area contributed by atoms with E-state index in [0.29, 0.717) is 12.2 Å². The molecule has 0 amide bonds. The van der Waals surface area contributed by atoms with Crippen LogP contribution in [0.5, 0.6) is 0 Å². The first kappa shape index (κ1) is 11.9. The third-order valence-electron chi connectivity index (χ3n) is 2.21. The molecule has 0 aliphatic heterocycles. The number of thiophene rings is 1. The van der Waals surface area contributed by atoms with Crippen LogP contribution in [0.3, 0.4) is 0 Å². The second kappa shape index (κ2) is 5.16. The molecule has 0 fully saturated rings. The van der Waals surface area contributed by atoms with Gasteiger partial charge in [0, 0.05) is 17.5 Å². The number of hydrogen-bond donors (Lipinski definition) is 1. The van der Waals surface area contributed by atoms with Crippen LogP contribution in [-0.2, 0) is 6.54 Å². The maximum atomic E-state index is 10.7. The monoisotopic (exact) mass is 268 g/mol. The number of nitro groups is 1. The van der Waals surface area contributed by atoms with E-state index in [1.807, 2.05) is 17.5 Å². The first-order chi connectivity index (χ1) is 8.18. The molecule has 2 aromatic rings. The molecule has 1 aromatic heterocycles. The van der Waals surface area contributed by atoms with Crippen LogP contribution >= 0.6 is 22.9 Å². The lowest BCUT2D eigenvalue weighted by Gasteiger charge is -2.06. The first-order valence-corrected chi connectivity index (χ1v) is 6.13. The van der Waals surface area contributed by atoms with Gasteiger partial charge in [-0.3, -0.25) is 10.1 Å². The smallest absolute Gasteiger partial charge is 0.289 e. The molecular formula is C11H9ClN2O2S. The zero-order chi connectivity index (χ0) is 12.3. The van der Waals surface area contributed by atoms with Gasteiger partial charge in [0.2, 0.25) is 0 Å². The number of rotatable bonds is 4. The zero-order valence-electron chi connectivity index (χ0n) is 8.72. The van der Waals surface area contributed by atoms with Gasteiger partial charge in [-0.05, 0) is 17.5 Å². The van der Waals surface area contributed by atoms with Crippen molar-refractivity contribution in [1.29, 1.82) is 0 Å². The van der Waals surface area contributed by atoms with E-state index in [-0.39, 0.29) is 10.7 Å². The van der Waals surface area contributed by atoms with Gasteiger partial charge in [-0.1, -0.05) is 23.7 Å². The molecule has 17 heavy (non-hydrogen) atoms. The van der Waals surface area contributed by atoms with Crippen LogP contribution in [0.15, 0.2) is 35.7 Å². The molecule has 4 nitrogen and oxygen atoms in total. The minimum absolute atomic E-state index is 0.0807. The Morgan fingerprint density at radius 3 is 2.82 bits per heavy atom. The minimum Gasteiger partial charge on any atom is -0.379 e. The number of halogens is 1. The summed E-state index contributed by atoms with van der Waals surface area (Å²) in [6.07, 6.45) is 0. The maximum absolute atomic E-state index is 10.7. The lowest BCUT2D eigenvalue weighted by Crippen LogP contribution is -1.99. The summed E-state index contributed by atoms with van der Waals surface area (Å²) >= 11 is 7.56. The van der Waals surface area contributed by atoms with Crippen molar-refractivity contribution in [1.82, 2.24) is 0 Å². The van der Waals surface area contributed by atoms with Crippen LogP contribution < -0.4 is 5.32 Å². The predicted octanol–water partition coefficient (Wildman–Crippen LogP) is 3.92. The van der Waals surface area contributed by atoms with Crippen molar-refractivity contribution in [2.45, 2.75) is 6.54 Å². The molecule has 0 saturated carbocycles. The normalized spacial score (nSPS) is 10.2. The van der Waals surface area contributed by atoms with Crippen molar-refractivity contribution < 1.29 is 4.92 Å². The highest BCUT2D eigenvalue weighted by molar-refractivity contribution is 7.09. The number of hydrogen-bond acceptors (Lipinski definition) is 4. The Bertz CT molecular complexity index is 528. The Hall–Kier alpha value is -1.59. The minimum atomic E-state index is -0.487. The Morgan fingerprint density at radius 1 is 1.35 bits per heavy atom. The molecule has 6 heteroatoms. The lowest BCUT2D eigenvalue weighted by atomic mass is 10.2. The Balaban J connectivity index is 2.16. The van der Waals surface area contributed by atoms with Crippen LogP contribution in [0.1, 0.15) is 4.88 Å². The van der Waals surface area contributed by atoms with E-state index in [9.17, 15) is 10.1 Å². The molecule has 2 rings (SSSR count). The van der Waals surface area contributed by atoms with Gasteiger partial charge in [0.05, 0.1) is 10.6 Å². The van der Waals surface area contributed by atoms with Crippen molar-refractivity contribution >= 4 is 34.3 Å². The number of nitro benzene ring substituents is 1. The molecule has 0 aliphatic carbocycles. The van der Waals surface area contributed by atoms with Gasteiger partial charge in [-0.15, -0.1) is 11.3 Å². The third-order valence-corrected chi connectivity index (χ3v) is 3.48. The van der Waals surface area contributed by atoms with Crippen molar-refractivity contribution in [3.05, 3.63) is 55.7 Å². The molecule has 1 heterocycles. The van der Waals surface area contributed by atoms with E-state index >= 15 is 0 Å². The van der Waals surface area contributed by atoms with Gasteiger partial charge in [-0.25, -0.2) is 0 Å². The summed E-state index contributed by atoms with van der Waals surface area (Å²) in [5.41, 5.74) is 0.497. The molecule has 88 valence electrons. The molecule has 1 N–H and O–H groups in total. The summed E-state index contributed by atoms with van der Waals surface area (Å²) in [5.74, 6) is 0. The molecule has 0 bridgehead atoms. The topological polar surface area (TPSA) is 55.2 Å². The van der Waals surface area contributed by atoms with Crippen molar-refractivity contribution in [2.75, 3.05) is 5.32 Å². The van der Waals surface area contributed by atoms with Gasteiger partial charge in [-0.2, -0.15) is 0 Å². The summed E-state index contributed by atoms with van der Waals surface area (Å²) in [7, 11) is 0. The van der Waals surface area contributed by atoms with E-state index < -0.39 is 4.92 Å². The average Bonchev–Trinajstić information content (AvgIpc) is 2.80. The van der Waals surface area contributed by atoms with Gasteiger partial charge < -0.3 is 5.32 Å². The molecule has 0 aliphatic rings. The second-order valence-electron chi connectivity index (χ2n) is 3.33. The molecule has 0 unspecified atom stereocenters. The third kappa shape index (κ3) is 2.75. The summed E-state index contributed by atoms with van der Waals surface area (Å²) in [6.45, 7) is 0.610. The van der Waals surface area contributed by atoms with Gasteiger partial charge in [0.25, 0.3) is 5.69 Å². The van der Waals surface area contributed by atoms with Crippen LogP contribution in [-0.4, -0.2) is 4.92 Å². The summed E-state index contributed by atoms with van der Waals surface area (Å²) in [5, 5.41) is 15.9. The average molecular weight is 269 g/mol. The molecule has 0 radical (unpaired) electrons. The van der Waals surface area contributed by atoms with Gasteiger partial charge in [0.1, 0.15) is 5.02 Å². The summed E-state index contributed by atoms with van der Waals surface area (Å²) in [4.78, 5) is 11.4. The number of nitrogens with zero attached hydrogens (tertiary/aromatic N) is 1. The maximum Gasteiger partial charge on any atom is 0.289 e. The van der Waals surface area contributed by atoms with Crippen molar-refractivity contribution in [3.8, 4) is 0 Å². The fourth-order valence-corrected chi connectivity index (χ4v) is 2.30. The largest absolute Gasteiger partial charge is 0.379 e. The fraction of sp³-hybridized carbons (Fsp3) is 0.0909. The SMILES string of the molecule is O=[N+]([O-])c1cccc(NCc2cccs2)c1Cl. The Kier molecular flexibility index (Phi) is 3.61.